The van der Waals surface area contributed by atoms with E-state index in [9.17, 15) is 9.59 Å². The van der Waals surface area contributed by atoms with Crippen LogP contribution in [0.4, 0.5) is 5.69 Å². The highest BCUT2D eigenvalue weighted by atomic mass is 35.5. The molecule has 2 aromatic rings. The van der Waals surface area contributed by atoms with Crippen LogP contribution in [0.5, 0.6) is 0 Å². The summed E-state index contributed by atoms with van der Waals surface area (Å²) in [5, 5.41) is 1.32. The van der Waals surface area contributed by atoms with Gasteiger partial charge in [0.25, 0.3) is 0 Å². The quantitative estimate of drug-likeness (QED) is 0.590. The molecule has 3 rings (SSSR count). The minimum atomic E-state index is -0.147. The van der Waals surface area contributed by atoms with Gasteiger partial charge in [-0.25, -0.2) is 0 Å². The molecule has 2 aromatic carbocycles. The third-order valence-electron chi connectivity index (χ3n) is 4.04. The third kappa shape index (κ3) is 3.12. The van der Waals surface area contributed by atoms with Gasteiger partial charge in [0.05, 0.1) is 16.6 Å². The summed E-state index contributed by atoms with van der Waals surface area (Å²) in [5.41, 5.74) is 2.19. The average molecular weight is 358 g/mol. The predicted octanol–water partition coefficient (Wildman–Crippen LogP) is 4.63. The third-order valence-corrected chi connectivity index (χ3v) is 5.10. The van der Waals surface area contributed by atoms with E-state index < -0.39 is 0 Å². The van der Waals surface area contributed by atoms with Gasteiger partial charge in [-0.3, -0.25) is 9.59 Å². The minimum absolute atomic E-state index is 0.117. The van der Waals surface area contributed by atoms with Crippen molar-refractivity contribution in [2.24, 2.45) is 0 Å². The molecule has 0 N–H and O–H groups in total. The zero-order valence-corrected chi connectivity index (χ0v) is 14.7. The highest BCUT2D eigenvalue weighted by molar-refractivity contribution is 8.02. The van der Waals surface area contributed by atoms with Crippen molar-refractivity contribution < 1.29 is 9.59 Å². The lowest BCUT2D eigenvalue weighted by molar-refractivity contribution is -0.118. The normalized spacial score (nSPS) is 18.0. The maximum atomic E-state index is 12.5. The largest absolute Gasteiger partial charge is 0.328 e. The number of nitrogens with zero attached hydrogens (tertiary/aromatic N) is 1. The molecule has 0 saturated carbocycles. The lowest BCUT2D eigenvalue weighted by Crippen LogP contribution is -2.35. The number of aldehydes is 1. The fraction of sp³-hybridized carbons (Fsp3) is 0.158. The second-order valence-electron chi connectivity index (χ2n) is 5.44. The standard InChI is InChI=1S/C19H16ClNO2S/c1-24-19-16(12-22)18(23)11-17(13-5-3-2-4-6-13)21(19)15-9-7-14(20)8-10-15/h2-10,12,17H,11H2,1H3. The summed E-state index contributed by atoms with van der Waals surface area (Å²) < 4.78 is 0. The smallest absolute Gasteiger partial charge is 0.171 e. The van der Waals surface area contributed by atoms with Crippen LogP contribution in [0.2, 0.25) is 5.02 Å². The SMILES string of the molecule is CSC1=C(C=O)C(=O)CC(c2ccccc2)N1c1ccc(Cl)cc1. The van der Waals surface area contributed by atoms with E-state index in [-0.39, 0.29) is 23.8 Å². The number of benzene rings is 2. The molecule has 0 radical (unpaired) electrons. The van der Waals surface area contributed by atoms with E-state index in [1.54, 1.807) is 0 Å². The molecule has 0 fully saturated rings. The summed E-state index contributed by atoms with van der Waals surface area (Å²) in [5.74, 6) is -0.117. The number of thioether (sulfide) groups is 1. The topological polar surface area (TPSA) is 37.4 Å². The molecule has 0 bridgehead atoms. The fourth-order valence-electron chi connectivity index (χ4n) is 2.93. The summed E-state index contributed by atoms with van der Waals surface area (Å²) in [4.78, 5) is 26.0. The number of allylic oxidation sites excluding steroid dienone is 1. The van der Waals surface area contributed by atoms with Gasteiger partial charge in [-0.15, -0.1) is 11.8 Å². The molecule has 1 unspecified atom stereocenters. The van der Waals surface area contributed by atoms with Crippen LogP contribution < -0.4 is 4.90 Å². The van der Waals surface area contributed by atoms with Crippen LogP contribution in [0.1, 0.15) is 18.0 Å². The van der Waals surface area contributed by atoms with Crippen LogP contribution in [-0.4, -0.2) is 18.3 Å². The van der Waals surface area contributed by atoms with E-state index in [1.807, 2.05) is 60.9 Å². The van der Waals surface area contributed by atoms with Gasteiger partial charge in [-0.2, -0.15) is 0 Å². The van der Waals surface area contributed by atoms with E-state index in [0.29, 0.717) is 16.3 Å². The Morgan fingerprint density at radius 2 is 1.79 bits per heavy atom. The van der Waals surface area contributed by atoms with Crippen LogP contribution in [0.3, 0.4) is 0 Å². The first-order valence-electron chi connectivity index (χ1n) is 7.52. The first kappa shape index (κ1) is 16.8. The maximum Gasteiger partial charge on any atom is 0.171 e. The number of Topliss-reactive ketones (excluding diaryl/α,β-unsaturated/α-hetero) is 1. The highest BCUT2D eigenvalue weighted by Crippen LogP contribution is 2.42. The Balaban J connectivity index is 2.17. The Bertz CT molecular complexity index is 787. The van der Waals surface area contributed by atoms with Crippen molar-refractivity contribution in [3.05, 3.63) is 75.8 Å². The Kier molecular flexibility index (Phi) is 5.07. The molecule has 1 heterocycles. The van der Waals surface area contributed by atoms with Crippen LogP contribution in [0.25, 0.3) is 0 Å². The van der Waals surface area contributed by atoms with Gasteiger partial charge < -0.3 is 4.90 Å². The first-order chi connectivity index (χ1) is 11.7. The number of anilines is 1. The number of hydrogen-bond acceptors (Lipinski definition) is 4. The summed E-state index contributed by atoms with van der Waals surface area (Å²) >= 11 is 7.42. The number of carbonyl (C=O) groups excluding carboxylic acids is 2. The Labute approximate surface area is 150 Å². The van der Waals surface area contributed by atoms with Crippen molar-refractivity contribution in [3.63, 3.8) is 0 Å². The van der Waals surface area contributed by atoms with E-state index in [0.717, 1.165) is 11.3 Å². The summed E-state index contributed by atoms with van der Waals surface area (Å²) in [6, 6.07) is 17.2. The molecule has 1 aliphatic heterocycles. The monoisotopic (exact) mass is 357 g/mol. The zero-order chi connectivity index (χ0) is 17.1. The molecule has 0 aliphatic carbocycles. The van der Waals surface area contributed by atoms with Gasteiger partial charge in [0.15, 0.2) is 12.1 Å². The summed E-state index contributed by atoms with van der Waals surface area (Å²) in [6.45, 7) is 0. The molecular formula is C19H16ClNO2S. The second-order valence-corrected chi connectivity index (χ2v) is 6.67. The van der Waals surface area contributed by atoms with Gasteiger partial charge >= 0.3 is 0 Å². The van der Waals surface area contributed by atoms with Crippen molar-refractivity contribution in [3.8, 4) is 0 Å². The molecule has 1 atom stereocenters. The number of carbonyl (C=O) groups is 2. The molecular weight excluding hydrogens is 342 g/mol. The van der Waals surface area contributed by atoms with Crippen molar-refractivity contribution in [1.82, 2.24) is 0 Å². The molecule has 24 heavy (non-hydrogen) atoms. The first-order valence-corrected chi connectivity index (χ1v) is 9.12. The van der Waals surface area contributed by atoms with E-state index in [4.69, 9.17) is 11.6 Å². The lowest BCUT2D eigenvalue weighted by Gasteiger charge is -2.38. The van der Waals surface area contributed by atoms with Crippen molar-refractivity contribution in [1.29, 1.82) is 0 Å². The molecule has 3 nitrogen and oxygen atoms in total. The Morgan fingerprint density at radius 3 is 2.38 bits per heavy atom. The molecule has 0 amide bonds. The minimum Gasteiger partial charge on any atom is -0.328 e. The van der Waals surface area contributed by atoms with Crippen LogP contribution in [0.15, 0.2) is 65.2 Å². The molecule has 0 aromatic heterocycles. The second kappa shape index (κ2) is 7.24. The molecule has 122 valence electrons. The molecule has 0 saturated heterocycles. The maximum absolute atomic E-state index is 12.5. The van der Waals surface area contributed by atoms with E-state index in [2.05, 4.69) is 4.90 Å². The van der Waals surface area contributed by atoms with Gasteiger partial charge in [0, 0.05) is 17.1 Å². The molecule has 5 heteroatoms. The van der Waals surface area contributed by atoms with Gasteiger partial charge in [-0.1, -0.05) is 41.9 Å². The number of ketones is 1. The number of hydrogen-bond donors (Lipinski definition) is 0. The lowest BCUT2D eigenvalue weighted by atomic mass is 9.93. The summed E-state index contributed by atoms with van der Waals surface area (Å²) in [6.07, 6.45) is 2.81. The van der Waals surface area contributed by atoms with E-state index >= 15 is 0 Å². The average Bonchev–Trinajstić information content (AvgIpc) is 2.62. The Hall–Kier alpha value is -2.04. The number of halogens is 1. The van der Waals surface area contributed by atoms with Crippen LogP contribution in [0, 0.1) is 0 Å². The number of rotatable bonds is 4. The molecule has 0 spiro atoms. The predicted molar refractivity (Wildman–Crippen MR) is 99.3 cm³/mol. The van der Waals surface area contributed by atoms with Crippen molar-refractivity contribution in [2.45, 2.75) is 12.5 Å². The summed E-state index contributed by atoms with van der Waals surface area (Å²) in [7, 11) is 0. The van der Waals surface area contributed by atoms with Gasteiger partial charge in [0.1, 0.15) is 0 Å². The van der Waals surface area contributed by atoms with Crippen molar-refractivity contribution >= 4 is 41.1 Å². The van der Waals surface area contributed by atoms with Gasteiger partial charge in [0.2, 0.25) is 0 Å². The van der Waals surface area contributed by atoms with Crippen LogP contribution in [-0.2, 0) is 9.59 Å². The Morgan fingerprint density at radius 1 is 1.12 bits per heavy atom. The van der Waals surface area contributed by atoms with Crippen LogP contribution >= 0.6 is 23.4 Å². The zero-order valence-electron chi connectivity index (χ0n) is 13.1. The van der Waals surface area contributed by atoms with Crippen molar-refractivity contribution in [2.75, 3.05) is 11.2 Å². The highest BCUT2D eigenvalue weighted by Gasteiger charge is 2.35. The fourth-order valence-corrected chi connectivity index (χ4v) is 3.87. The molecule has 1 aliphatic rings. The van der Waals surface area contributed by atoms with E-state index in [1.165, 1.54) is 11.8 Å². The van der Waals surface area contributed by atoms with Gasteiger partial charge in [-0.05, 0) is 36.1 Å².